The summed E-state index contributed by atoms with van der Waals surface area (Å²) in [6.45, 7) is 2.21. The van der Waals surface area contributed by atoms with E-state index in [1.807, 2.05) is 30.3 Å². The highest BCUT2D eigenvalue weighted by Crippen LogP contribution is 2.26. The fourth-order valence-corrected chi connectivity index (χ4v) is 3.26. The second-order valence-corrected chi connectivity index (χ2v) is 6.01. The van der Waals surface area contributed by atoms with E-state index >= 15 is 0 Å². The molecule has 0 bridgehead atoms. The van der Waals surface area contributed by atoms with E-state index in [9.17, 15) is 4.79 Å². The molecule has 0 fully saturated rings. The largest absolute Gasteiger partial charge is 0.281 e. The van der Waals surface area contributed by atoms with Crippen LogP contribution >= 0.6 is 21.6 Å². The summed E-state index contributed by atoms with van der Waals surface area (Å²) in [6, 6.07) is 9.47. The predicted molar refractivity (Wildman–Crippen MR) is 75.0 cm³/mol. The number of hydrogen-bond donors (Lipinski definition) is 0. The Labute approximate surface area is 106 Å². The molecular weight excluding hydrogens is 236 g/mol. The molecule has 16 heavy (non-hydrogen) atoms. The average molecular weight is 254 g/mol. The molecule has 0 unspecified atom stereocenters. The third-order valence-corrected chi connectivity index (χ3v) is 4.49. The monoisotopic (exact) mass is 254 g/mol. The van der Waals surface area contributed by atoms with Crippen LogP contribution in [0.5, 0.6) is 0 Å². The van der Waals surface area contributed by atoms with Crippen molar-refractivity contribution in [2.45, 2.75) is 32.6 Å². The number of hydrogen-bond acceptors (Lipinski definition) is 3. The molecule has 0 amide bonds. The van der Waals surface area contributed by atoms with Crippen LogP contribution in [0.15, 0.2) is 30.3 Å². The maximum Gasteiger partial charge on any atom is 0.229 e. The van der Waals surface area contributed by atoms with Gasteiger partial charge < -0.3 is 0 Å². The molecule has 0 aliphatic rings. The maximum atomic E-state index is 11.7. The first-order valence-corrected chi connectivity index (χ1v) is 8.05. The van der Waals surface area contributed by atoms with Gasteiger partial charge in [0.05, 0.1) is 0 Å². The van der Waals surface area contributed by atoms with Crippen molar-refractivity contribution in [3.8, 4) is 0 Å². The van der Waals surface area contributed by atoms with Gasteiger partial charge in [-0.1, -0.05) is 67.3 Å². The molecule has 88 valence electrons. The van der Waals surface area contributed by atoms with Gasteiger partial charge in [-0.3, -0.25) is 4.79 Å². The minimum atomic E-state index is 0.168. The van der Waals surface area contributed by atoms with Gasteiger partial charge in [0.2, 0.25) is 5.12 Å². The van der Waals surface area contributed by atoms with Crippen LogP contribution in [-0.2, 0) is 0 Å². The molecule has 0 aliphatic carbocycles. The highest BCUT2D eigenvalue weighted by molar-refractivity contribution is 8.82. The van der Waals surface area contributed by atoms with Crippen molar-refractivity contribution in [2.24, 2.45) is 0 Å². The van der Waals surface area contributed by atoms with Crippen molar-refractivity contribution in [2.75, 3.05) is 5.75 Å². The summed E-state index contributed by atoms with van der Waals surface area (Å²) >= 11 is 0. The Morgan fingerprint density at radius 2 is 1.88 bits per heavy atom. The molecule has 0 saturated carbocycles. The van der Waals surface area contributed by atoms with Gasteiger partial charge in [-0.05, 0) is 17.2 Å². The van der Waals surface area contributed by atoms with Gasteiger partial charge in [0.1, 0.15) is 0 Å². The van der Waals surface area contributed by atoms with Crippen LogP contribution in [0.4, 0.5) is 0 Å². The molecule has 0 saturated heterocycles. The standard InChI is InChI=1S/C13H18OS2/c1-2-3-4-8-11-15-16-13(14)12-9-6-5-7-10-12/h5-7,9-10H,2-4,8,11H2,1H3. The Hall–Kier alpha value is -0.410. The first kappa shape index (κ1) is 13.7. The van der Waals surface area contributed by atoms with Crippen LogP contribution in [0, 0.1) is 0 Å². The normalized spacial score (nSPS) is 10.3. The van der Waals surface area contributed by atoms with Crippen molar-refractivity contribution >= 4 is 26.7 Å². The van der Waals surface area contributed by atoms with Gasteiger partial charge in [0.15, 0.2) is 0 Å². The molecular formula is C13H18OS2. The number of benzene rings is 1. The molecule has 0 N–H and O–H groups in total. The van der Waals surface area contributed by atoms with E-state index in [-0.39, 0.29) is 5.12 Å². The summed E-state index contributed by atoms with van der Waals surface area (Å²) in [7, 11) is 3.04. The quantitative estimate of drug-likeness (QED) is 0.514. The molecule has 3 heteroatoms. The molecule has 1 rings (SSSR count). The fraction of sp³-hybridized carbons (Fsp3) is 0.462. The van der Waals surface area contributed by atoms with Gasteiger partial charge >= 0.3 is 0 Å². The lowest BCUT2D eigenvalue weighted by Crippen LogP contribution is -1.90. The molecule has 1 aromatic carbocycles. The Kier molecular flexibility index (Phi) is 7.43. The first-order chi connectivity index (χ1) is 7.84. The lowest BCUT2D eigenvalue weighted by molar-refractivity contribution is 0.109. The summed E-state index contributed by atoms with van der Waals surface area (Å²) < 4.78 is 0. The number of carbonyl (C=O) groups is 1. The van der Waals surface area contributed by atoms with E-state index in [1.165, 1.54) is 36.5 Å². The lowest BCUT2D eigenvalue weighted by Gasteiger charge is -2.00. The van der Waals surface area contributed by atoms with Crippen LogP contribution in [0.1, 0.15) is 43.0 Å². The van der Waals surface area contributed by atoms with Gasteiger partial charge in [0.25, 0.3) is 0 Å². The molecule has 0 aliphatic heterocycles. The predicted octanol–water partition coefficient (Wildman–Crippen LogP) is 4.79. The SMILES string of the molecule is CCCCCCSSC(=O)c1ccccc1. The van der Waals surface area contributed by atoms with Gasteiger partial charge in [-0.25, -0.2) is 0 Å². The zero-order valence-electron chi connectivity index (χ0n) is 9.65. The summed E-state index contributed by atoms with van der Waals surface area (Å²) in [5.41, 5.74) is 0.800. The summed E-state index contributed by atoms with van der Waals surface area (Å²) in [4.78, 5) is 11.7. The van der Waals surface area contributed by atoms with Crippen LogP contribution in [0.3, 0.4) is 0 Å². The molecule has 0 spiro atoms. The summed E-state index contributed by atoms with van der Waals surface area (Å²) in [5.74, 6) is 1.07. The van der Waals surface area contributed by atoms with E-state index in [4.69, 9.17) is 0 Å². The minimum Gasteiger partial charge on any atom is -0.281 e. The van der Waals surface area contributed by atoms with Crippen molar-refractivity contribution in [1.29, 1.82) is 0 Å². The molecule has 1 nitrogen and oxygen atoms in total. The van der Waals surface area contributed by atoms with Crippen molar-refractivity contribution in [1.82, 2.24) is 0 Å². The topological polar surface area (TPSA) is 17.1 Å². The highest BCUT2D eigenvalue weighted by Gasteiger charge is 2.05. The van der Waals surface area contributed by atoms with Gasteiger partial charge in [0, 0.05) is 11.3 Å². The Morgan fingerprint density at radius 3 is 2.56 bits per heavy atom. The van der Waals surface area contributed by atoms with E-state index in [0.29, 0.717) is 0 Å². The van der Waals surface area contributed by atoms with Crippen molar-refractivity contribution in [3.05, 3.63) is 35.9 Å². The van der Waals surface area contributed by atoms with Gasteiger partial charge in [-0.2, -0.15) is 0 Å². The van der Waals surface area contributed by atoms with E-state index in [0.717, 1.165) is 11.3 Å². The van der Waals surface area contributed by atoms with Crippen LogP contribution in [0.2, 0.25) is 0 Å². The van der Waals surface area contributed by atoms with Crippen LogP contribution in [-0.4, -0.2) is 10.9 Å². The van der Waals surface area contributed by atoms with E-state index < -0.39 is 0 Å². The number of carbonyl (C=O) groups excluding carboxylic acids is 1. The number of rotatable bonds is 7. The molecule has 0 heterocycles. The maximum absolute atomic E-state index is 11.7. The molecule has 1 aromatic rings. The third kappa shape index (κ3) is 5.61. The minimum absolute atomic E-state index is 0.168. The summed E-state index contributed by atoms with van der Waals surface area (Å²) in [5, 5.41) is 0.168. The third-order valence-electron chi connectivity index (χ3n) is 2.23. The van der Waals surface area contributed by atoms with Gasteiger partial charge in [-0.15, -0.1) is 0 Å². The smallest absolute Gasteiger partial charge is 0.229 e. The Balaban J connectivity index is 2.12. The zero-order chi connectivity index (χ0) is 11.6. The lowest BCUT2D eigenvalue weighted by atomic mass is 10.2. The first-order valence-electron chi connectivity index (χ1n) is 5.73. The van der Waals surface area contributed by atoms with Crippen LogP contribution in [0.25, 0.3) is 0 Å². The second kappa shape index (κ2) is 8.71. The van der Waals surface area contributed by atoms with Crippen molar-refractivity contribution < 1.29 is 4.79 Å². The molecule has 0 atom stereocenters. The van der Waals surface area contributed by atoms with E-state index in [1.54, 1.807) is 10.8 Å². The number of unbranched alkanes of at least 4 members (excludes halogenated alkanes) is 3. The zero-order valence-corrected chi connectivity index (χ0v) is 11.3. The highest BCUT2D eigenvalue weighted by atomic mass is 33.1. The molecule has 0 aromatic heterocycles. The Bertz CT molecular complexity index is 298. The van der Waals surface area contributed by atoms with E-state index in [2.05, 4.69) is 6.92 Å². The molecule has 0 radical (unpaired) electrons. The Morgan fingerprint density at radius 1 is 1.12 bits per heavy atom. The van der Waals surface area contributed by atoms with Crippen LogP contribution < -0.4 is 0 Å². The van der Waals surface area contributed by atoms with Crippen molar-refractivity contribution in [3.63, 3.8) is 0 Å². The fourth-order valence-electron chi connectivity index (χ4n) is 1.31. The second-order valence-electron chi connectivity index (χ2n) is 3.62. The average Bonchev–Trinajstić information content (AvgIpc) is 2.34. The summed E-state index contributed by atoms with van der Waals surface area (Å²) in [6.07, 6.45) is 5.07.